The number of primary amides is 2. The summed E-state index contributed by atoms with van der Waals surface area (Å²) in [6.45, 7) is 3.62. The van der Waals surface area contributed by atoms with Crippen molar-refractivity contribution in [2.45, 2.75) is 13.8 Å². The number of aryl methyl sites for hydroxylation is 2. The van der Waals surface area contributed by atoms with E-state index in [1.54, 1.807) is 6.92 Å². The molecule has 0 aliphatic carbocycles. The Bertz CT molecular complexity index is 317. The third-order valence-electron chi connectivity index (χ3n) is 1.01. The van der Waals surface area contributed by atoms with Crippen molar-refractivity contribution in [3.63, 3.8) is 0 Å². The number of carbonyl (C=O) groups is 1. The number of hydrogen-bond donors (Lipinski definition) is 3. The Morgan fingerprint density at radius 1 is 1.46 bits per heavy atom. The average Bonchev–Trinajstić information content (AvgIpc) is 1.80. The second-order valence-electron chi connectivity index (χ2n) is 2.41. The van der Waals surface area contributed by atoms with Gasteiger partial charge in [0.1, 0.15) is 0 Å². The first kappa shape index (κ1) is 11.2. The molecular weight excluding hydrogens is 172 g/mol. The zero-order valence-corrected chi connectivity index (χ0v) is 7.50. The highest BCUT2D eigenvalue weighted by atomic mass is 16.2. The van der Waals surface area contributed by atoms with Gasteiger partial charge in [-0.2, -0.15) is 4.98 Å². The zero-order chi connectivity index (χ0) is 10.4. The minimum atomic E-state index is -0.833. The molecule has 6 heteroatoms. The molecule has 1 heterocycles. The van der Waals surface area contributed by atoms with Crippen LogP contribution in [0.25, 0.3) is 0 Å². The van der Waals surface area contributed by atoms with E-state index in [1.807, 2.05) is 13.0 Å². The summed E-state index contributed by atoms with van der Waals surface area (Å²) in [5, 5.41) is 0. The number of hydrogen-bond acceptors (Lipinski definition) is 3. The first-order valence-corrected chi connectivity index (χ1v) is 3.51. The quantitative estimate of drug-likeness (QED) is 0.500. The molecule has 72 valence electrons. The summed E-state index contributed by atoms with van der Waals surface area (Å²) in [6.07, 6.45) is 0. The molecule has 0 saturated carbocycles. The topological polar surface area (TPSA) is 115 Å². The molecule has 13 heavy (non-hydrogen) atoms. The lowest BCUT2D eigenvalue weighted by Gasteiger charge is -1.90. The lowest BCUT2D eigenvalue weighted by atomic mass is 10.4. The molecule has 0 aliphatic rings. The van der Waals surface area contributed by atoms with Crippen molar-refractivity contribution in [3.8, 4) is 0 Å². The van der Waals surface area contributed by atoms with E-state index in [0.29, 0.717) is 0 Å². The van der Waals surface area contributed by atoms with Crippen molar-refractivity contribution >= 4 is 6.03 Å². The highest BCUT2D eigenvalue weighted by molar-refractivity contribution is 5.69. The Morgan fingerprint density at radius 3 is 2.23 bits per heavy atom. The van der Waals surface area contributed by atoms with Gasteiger partial charge in [-0.3, -0.25) is 0 Å². The van der Waals surface area contributed by atoms with Crippen LogP contribution in [0.2, 0.25) is 0 Å². The summed E-state index contributed by atoms with van der Waals surface area (Å²) in [7, 11) is 0. The fraction of sp³-hybridized carbons (Fsp3) is 0.286. The van der Waals surface area contributed by atoms with E-state index in [9.17, 15) is 4.79 Å². The Labute approximate surface area is 75.0 Å². The highest BCUT2D eigenvalue weighted by Crippen LogP contribution is 1.88. The second kappa shape index (κ2) is 4.91. The molecular formula is C7H12N4O2. The van der Waals surface area contributed by atoms with Crippen LogP contribution in [0, 0.1) is 13.8 Å². The number of rotatable bonds is 0. The number of nitrogens with zero attached hydrogens (tertiary/aromatic N) is 1. The Kier molecular flexibility index (Phi) is 4.21. The second-order valence-corrected chi connectivity index (χ2v) is 2.41. The average molecular weight is 184 g/mol. The molecule has 1 aromatic heterocycles. The predicted molar refractivity (Wildman–Crippen MR) is 48.1 cm³/mol. The molecule has 1 rings (SSSR count). The minimum absolute atomic E-state index is 0.271. The molecule has 0 fully saturated rings. The van der Waals surface area contributed by atoms with Crippen molar-refractivity contribution in [2.75, 3.05) is 0 Å². The minimum Gasteiger partial charge on any atom is -0.352 e. The number of carbonyl (C=O) groups excluding carboxylic acids is 1. The van der Waals surface area contributed by atoms with Gasteiger partial charge in [-0.15, -0.1) is 0 Å². The molecule has 0 unspecified atom stereocenters. The first-order valence-electron chi connectivity index (χ1n) is 3.51. The van der Waals surface area contributed by atoms with Crippen LogP contribution in [-0.2, 0) is 0 Å². The van der Waals surface area contributed by atoms with E-state index in [0.717, 1.165) is 11.4 Å². The summed E-state index contributed by atoms with van der Waals surface area (Å²) in [6, 6.07) is 0.988. The molecule has 0 bridgehead atoms. The van der Waals surface area contributed by atoms with Crippen molar-refractivity contribution in [3.05, 3.63) is 27.9 Å². The maximum Gasteiger partial charge on any atom is 0.345 e. The molecule has 5 N–H and O–H groups in total. The summed E-state index contributed by atoms with van der Waals surface area (Å²) >= 11 is 0. The molecule has 0 spiro atoms. The van der Waals surface area contributed by atoms with Crippen molar-refractivity contribution in [1.82, 2.24) is 9.97 Å². The van der Waals surface area contributed by atoms with Gasteiger partial charge in [-0.25, -0.2) is 9.59 Å². The smallest absolute Gasteiger partial charge is 0.345 e. The van der Waals surface area contributed by atoms with Gasteiger partial charge in [0, 0.05) is 11.4 Å². The van der Waals surface area contributed by atoms with Crippen molar-refractivity contribution < 1.29 is 4.79 Å². The van der Waals surface area contributed by atoms with Crippen LogP contribution in [0.5, 0.6) is 0 Å². The van der Waals surface area contributed by atoms with Crippen LogP contribution in [0.3, 0.4) is 0 Å². The van der Waals surface area contributed by atoms with Crippen LogP contribution in [0.15, 0.2) is 10.9 Å². The van der Waals surface area contributed by atoms with E-state index < -0.39 is 6.03 Å². The largest absolute Gasteiger partial charge is 0.352 e. The van der Waals surface area contributed by atoms with Gasteiger partial charge in [0.2, 0.25) is 0 Å². The lowest BCUT2D eigenvalue weighted by Crippen LogP contribution is -2.18. The SMILES string of the molecule is Cc1cc(C)[nH]c(=O)n1.NC(N)=O. The van der Waals surface area contributed by atoms with E-state index in [4.69, 9.17) is 4.79 Å². The lowest BCUT2D eigenvalue weighted by molar-refractivity contribution is 0.256. The number of H-pyrrole nitrogens is 1. The molecule has 0 saturated heterocycles. The van der Waals surface area contributed by atoms with Crippen LogP contribution in [0.1, 0.15) is 11.4 Å². The van der Waals surface area contributed by atoms with Crippen LogP contribution in [-0.4, -0.2) is 16.0 Å². The molecule has 1 aromatic rings. The van der Waals surface area contributed by atoms with Crippen LogP contribution < -0.4 is 17.2 Å². The summed E-state index contributed by atoms with van der Waals surface area (Å²) in [5.74, 6) is 0. The van der Waals surface area contributed by atoms with Gasteiger partial charge in [0.15, 0.2) is 0 Å². The first-order chi connectivity index (χ1) is 5.91. The van der Waals surface area contributed by atoms with E-state index in [-0.39, 0.29) is 5.69 Å². The fourth-order valence-electron chi connectivity index (χ4n) is 0.738. The van der Waals surface area contributed by atoms with E-state index in [2.05, 4.69) is 21.4 Å². The summed E-state index contributed by atoms with van der Waals surface area (Å²) in [4.78, 5) is 25.7. The predicted octanol–water partition coefficient (Wildman–Crippen LogP) is -0.589. The van der Waals surface area contributed by atoms with Gasteiger partial charge < -0.3 is 16.5 Å². The third-order valence-corrected chi connectivity index (χ3v) is 1.01. The van der Waals surface area contributed by atoms with Gasteiger partial charge in [0.25, 0.3) is 0 Å². The molecule has 0 atom stereocenters. The number of amides is 2. The Hall–Kier alpha value is -1.85. The molecule has 0 radical (unpaired) electrons. The Morgan fingerprint density at radius 2 is 1.92 bits per heavy atom. The van der Waals surface area contributed by atoms with Gasteiger partial charge in [-0.1, -0.05) is 0 Å². The van der Waals surface area contributed by atoms with Crippen molar-refractivity contribution in [1.29, 1.82) is 0 Å². The molecule has 6 nitrogen and oxygen atoms in total. The van der Waals surface area contributed by atoms with E-state index >= 15 is 0 Å². The monoisotopic (exact) mass is 184 g/mol. The van der Waals surface area contributed by atoms with Gasteiger partial charge in [0.05, 0.1) is 0 Å². The molecule has 2 amide bonds. The standard InChI is InChI=1S/C6H8N2O.CH4N2O/c1-4-3-5(2)8-6(9)7-4;2-1(3)4/h3H,1-2H3,(H,7,8,9);(H4,2,3,4). The van der Waals surface area contributed by atoms with Crippen molar-refractivity contribution in [2.24, 2.45) is 11.5 Å². The maximum atomic E-state index is 10.5. The third kappa shape index (κ3) is 6.54. The number of nitrogens with one attached hydrogen (secondary N) is 1. The normalized spacial score (nSPS) is 8.46. The highest BCUT2D eigenvalue weighted by Gasteiger charge is 1.88. The molecule has 0 aliphatic heterocycles. The molecule has 0 aromatic carbocycles. The van der Waals surface area contributed by atoms with E-state index in [1.165, 1.54) is 0 Å². The number of nitrogens with two attached hydrogens (primary N) is 2. The summed E-state index contributed by atoms with van der Waals surface area (Å²) < 4.78 is 0. The van der Waals surface area contributed by atoms with Crippen LogP contribution >= 0.6 is 0 Å². The summed E-state index contributed by atoms with van der Waals surface area (Å²) in [5.41, 5.74) is 9.84. The number of aromatic amines is 1. The van der Waals surface area contributed by atoms with Crippen LogP contribution in [0.4, 0.5) is 4.79 Å². The maximum absolute atomic E-state index is 10.5. The Balaban J connectivity index is 0.000000310. The number of aromatic nitrogens is 2. The fourth-order valence-corrected chi connectivity index (χ4v) is 0.738. The van der Waals surface area contributed by atoms with Gasteiger partial charge >= 0.3 is 11.7 Å². The van der Waals surface area contributed by atoms with Gasteiger partial charge in [-0.05, 0) is 19.9 Å². The zero-order valence-electron chi connectivity index (χ0n) is 7.50. The number of urea groups is 1.